The molecule has 1 aromatic heterocycles. The first-order valence-electron chi connectivity index (χ1n) is 6.67. The van der Waals surface area contributed by atoms with Gasteiger partial charge < -0.3 is 15.2 Å². The van der Waals surface area contributed by atoms with Gasteiger partial charge in [0.1, 0.15) is 6.33 Å². The van der Waals surface area contributed by atoms with E-state index in [-0.39, 0.29) is 5.91 Å². The highest BCUT2D eigenvalue weighted by Crippen LogP contribution is 2.19. The molecular formula is C14H17N5O. The molecule has 0 bridgehead atoms. The highest BCUT2D eigenvalue weighted by Gasteiger charge is 2.20. The molecule has 0 spiro atoms. The molecule has 1 amide bonds. The predicted octanol–water partition coefficient (Wildman–Crippen LogP) is 1.03. The third-order valence-electron chi connectivity index (χ3n) is 3.48. The van der Waals surface area contributed by atoms with Crippen LogP contribution in [-0.4, -0.2) is 33.8 Å². The van der Waals surface area contributed by atoms with Crippen LogP contribution >= 0.6 is 0 Å². The lowest BCUT2D eigenvalue weighted by molar-refractivity contribution is -0.117. The van der Waals surface area contributed by atoms with Gasteiger partial charge in [0.15, 0.2) is 5.82 Å². The van der Waals surface area contributed by atoms with Crippen LogP contribution in [0.1, 0.15) is 6.42 Å². The van der Waals surface area contributed by atoms with E-state index in [4.69, 9.17) is 0 Å². The lowest BCUT2D eigenvalue weighted by atomic mass is 9.99. The largest absolute Gasteiger partial charge is 0.326 e. The molecule has 0 radical (unpaired) electrons. The van der Waals surface area contributed by atoms with Crippen LogP contribution in [0.15, 0.2) is 30.6 Å². The summed E-state index contributed by atoms with van der Waals surface area (Å²) in [6.45, 7) is 1.89. The van der Waals surface area contributed by atoms with Crippen LogP contribution in [0.4, 0.5) is 5.69 Å². The molecule has 2 N–H and O–H groups in total. The predicted molar refractivity (Wildman–Crippen MR) is 76.0 cm³/mol. The van der Waals surface area contributed by atoms with Crippen LogP contribution in [0.5, 0.6) is 0 Å². The number of nitrogens with one attached hydrogen (secondary N) is 2. The van der Waals surface area contributed by atoms with Gasteiger partial charge in [0.2, 0.25) is 5.91 Å². The van der Waals surface area contributed by atoms with Crippen LogP contribution < -0.4 is 10.6 Å². The average molecular weight is 271 g/mol. The Balaban J connectivity index is 1.64. The van der Waals surface area contributed by atoms with Crippen LogP contribution in [-0.2, 0) is 11.8 Å². The van der Waals surface area contributed by atoms with Gasteiger partial charge in [-0.2, -0.15) is 0 Å². The first kappa shape index (κ1) is 12.8. The minimum Gasteiger partial charge on any atom is -0.326 e. The highest BCUT2D eigenvalue weighted by atomic mass is 16.1. The molecule has 6 nitrogen and oxygen atoms in total. The zero-order chi connectivity index (χ0) is 13.9. The van der Waals surface area contributed by atoms with Crippen LogP contribution in [0.2, 0.25) is 0 Å². The van der Waals surface area contributed by atoms with Crippen LogP contribution in [0.3, 0.4) is 0 Å². The van der Waals surface area contributed by atoms with Gasteiger partial charge in [-0.1, -0.05) is 0 Å². The maximum absolute atomic E-state index is 11.8. The van der Waals surface area contributed by atoms with Crippen molar-refractivity contribution in [2.75, 3.05) is 18.4 Å². The van der Waals surface area contributed by atoms with Crippen molar-refractivity contribution in [3.63, 3.8) is 0 Å². The van der Waals surface area contributed by atoms with E-state index in [0.29, 0.717) is 12.3 Å². The Morgan fingerprint density at radius 1 is 1.40 bits per heavy atom. The fourth-order valence-electron chi connectivity index (χ4n) is 2.21. The van der Waals surface area contributed by atoms with Crippen molar-refractivity contribution in [2.45, 2.75) is 6.42 Å². The molecule has 0 unspecified atom stereocenters. The number of benzene rings is 1. The van der Waals surface area contributed by atoms with Gasteiger partial charge in [0, 0.05) is 24.7 Å². The van der Waals surface area contributed by atoms with Crippen molar-refractivity contribution in [1.29, 1.82) is 0 Å². The minimum atomic E-state index is 0.0721. The van der Waals surface area contributed by atoms with E-state index in [0.717, 1.165) is 30.2 Å². The smallest absolute Gasteiger partial charge is 0.224 e. The summed E-state index contributed by atoms with van der Waals surface area (Å²) in [7, 11) is 1.90. The van der Waals surface area contributed by atoms with Crippen molar-refractivity contribution >= 4 is 11.6 Å². The van der Waals surface area contributed by atoms with Gasteiger partial charge in [0.05, 0.1) is 0 Å². The van der Waals surface area contributed by atoms with E-state index in [2.05, 4.69) is 20.8 Å². The number of anilines is 1. The number of amides is 1. The van der Waals surface area contributed by atoms with Gasteiger partial charge in [-0.3, -0.25) is 4.79 Å². The third-order valence-corrected chi connectivity index (χ3v) is 3.48. The first-order chi connectivity index (χ1) is 9.72. The maximum atomic E-state index is 11.8. The summed E-state index contributed by atoms with van der Waals surface area (Å²) in [5, 5.41) is 14.0. The van der Waals surface area contributed by atoms with Gasteiger partial charge in [-0.25, -0.2) is 0 Å². The topological polar surface area (TPSA) is 71.8 Å². The fourth-order valence-corrected chi connectivity index (χ4v) is 2.21. The second-order valence-electron chi connectivity index (χ2n) is 5.12. The molecule has 20 heavy (non-hydrogen) atoms. The van der Waals surface area contributed by atoms with Gasteiger partial charge >= 0.3 is 0 Å². The SMILES string of the molecule is Cn1cnnc1-c1ccc(NC(=O)CC2CNC2)cc1. The van der Waals surface area contributed by atoms with Crippen LogP contribution in [0, 0.1) is 5.92 Å². The third kappa shape index (κ3) is 2.70. The van der Waals surface area contributed by atoms with E-state index in [1.165, 1.54) is 0 Å². The molecular weight excluding hydrogens is 254 g/mol. The second kappa shape index (κ2) is 5.42. The standard InChI is InChI=1S/C14H17N5O/c1-19-9-16-18-14(19)11-2-4-12(5-3-11)17-13(20)6-10-7-15-8-10/h2-5,9-10,15H,6-8H2,1H3,(H,17,20). The van der Waals surface area contributed by atoms with Gasteiger partial charge in [-0.15, -0.1) is 10.2 Å². The summed E-state index contributed by atoms with van der Waals surface area (Å²) in [6.07, 6.45) is 2.25. The molecule has 2 aromatic rings. The van der Waals surface area contributed by atoms with Gasteiger partial charge in [-0.05, 0) is 43.3 Å². The van der Waals surface area contributed by atoms with E-state index >= 15 is 0 Å². The molecule has 0 atom stereocenters. The Morgan fingerprint density at radius 3 is 2.70 bits per heavy atom. The molecule has 1 saturated heterocycles. The number of carbonyl (C=O) groups excluding carboxylic acids is 1. The molecule has 1 fully saturated rings. The van der Waals surface area contributed by atoms with Crippen LogP contribution in [0.25, 0.3) is 11.4 Å². The lowest BCUT2D eigenvalue weighted by Crippen LogP contribution is -2.43. The molecule has 1 aliphatic heterocycles. The summed E-state index contributed by atoms with van der Waals surface area (Å²) < 4.78 is 1.86. The Labute approximate surface area is 117 Å². The van der Waals surface area contributed by atoms with Crippen molar-refractivity contribution < 1.29 is 4.79 Å². The van der Waals surface area contributed by atoms with Crippen molar-refractivity contribution in [3.05, 3.63) is 30.6 Å². The number of rotatable bonds is 4. The minimum absolute atomic E-state index is 0.0721. The summed E-state index contributed by atoms with van der Waals surface area (Å²) in [4.78, 5) is 11.8. The van der Waals surface area contributed by atoms with Crippen molar-refractivity contribution in [1.82, 2.24) is 20.1 Å². The van der Waals surface area contributed by atoms with E-state index in [1.807, 2.05) is 35.9 Å². The van der Waals surface area contributed by atoms with E-state index in [1.54, 1.807) is 6.33 Å². The molecule has 3 rings (SSSR count). The molecule has 104 valence electrons. The van der Waals surface area contributed by atoms with E-state index in [9.17, 15) is 4.79 Å². The van der Waals surface area contributed by atoms with Gasteiger partial charge in [0.25, 0.3) is 0 Å². The number of carbonyl (C=O) groups is 1. The normalized spacial score (nSPS) is 14.8. The van der Waals surface area contributed by atoms with Crippen molar-refractivity contribution in [2.24, 2.45) is 13.0 Å². The zero-order valence-electron chi connectivity index (χ0n) is 11.3. The number of aromatic nitrogens is 3. The van der Waals surface area contributed by atoms with E-state index < -0.39 is 0 Å². The quantitative estimate of drug-likeness (QED) is 0.871. The summed E-state index contributed by atoms with van der Waals surface area (Å²) in [5.74, 6) is 1.36. The number of hydrogen-bond donors (Lipinski definition) is 2. The maximum Gasteiger partial charge on any atom is 0.224 e. The zero-order valence-corrected chi connectivity index (χ0v) is 11.3. The first-order valence-corrected chi connectivity index (χ1v) is 6.67. The number of aryl methyl sites for hydroxylation is 1. The molecule has 6 heteroatoms. The Morgan fingerprint density at radius 2 is 2.15 bits per heavy atom. The monoisotopic (exact) mass is 271 g/mol. The number of hydrogen-bond acceptors (Lipinski definition) is 4. The number of nitrogens with zero attached hydrogens (tertiary/aromatic N) is 3. The summed E-state index contributed by atoms with van der Waals surface area (Å²) in [6, 6.07) is 7.65. The summed E-state index contributed by atoms with van der Waals surface area (Å²) in [5.41, 5.74) is 1.79. The second-order valence-corrected chi connectivity index (χ2v) is 5.12. The molecule has 0 saturated carbocycles. The summed E-state index contributed by atoms with van der Waals surface area (Å²) >= 11 is 0. The molecule has 1 aliphatic rings. The lowest BCUT2D eigenvalue weighted by Gasteiger charge is -2.26. The molecule has 1 aromatic carbocycles. The average Bonchev–Trinajstić information content (AvgIpc) is 2.81. The highest BCUT2D eigenvalue weighted by molar-refractivity contribution is 5.91. The Bertz CT molecular complexity index is 600. The molecule has 2 heterocycles. The fraction of sp³-hybridized carbons (Fsp3) is 0.357. The Hall–Kier alpha value is -2.21. The Kier molecular flexibility index (Phi) is 3.47. The van der Waals surface area contributed by atoms with Crippen molar-refractivity contribution in [3.8, 4) is 11.4 Å². The molecule has 0 aliphatic carbocycles.